The Morgan fingerprint density at radius 3 is 2.66 bits per heavy atom. The van der Waals surface area contributed by atoms with E-state index in [4.69, 9.17) is 4.74 Å². The normalized spacial score (nSPS) is 16.3. The number of aromatic nitrogens is 2. The third kappa shape index (κ3) is 6.95. The first-order valence-corrected chi connectivity index (χ1v) is 14.1. The van der Waals surface area contributed by atoms with Gasteiger partial charge >= 0.3 is 5.97 Å². The maximum absolute atomic E-state index is 11.9. The Balaban J connectivity index is 1.44. The molecule has 1 atom stereocenters. The molecule has 1 saturated heterocycles. The van der Waals surface area contributed by atoms with Gasteiger partial charge in [0, 0.05) is 43.5 Å². The van der Waals surface area contributed by atoms with Crippen molar-refractivity contribution in [1.82, 2.24) is 14.9 Å². The van der Waals surface area contributed by atoms with Gasteiger partial charge in [-0.3, -0.25) is 9.78 Å². The number of carbonyl (C=O) groups is 1. The lowest BCUT2D eigenvalue weighted by atomic mass is 9.71. The number of aliphatic carboxylic acids is 1. The fraction of sp³-hybridized carbons (Fsp3) is 0.483. The van der Waals surface area contributed by atoms with Crippen molar-refractivity contribution in [3.05, 3.63) is 54.4 Å². The largest absolute Gasteiger partial charge is 0.497 e. The van der Waals surface area contributed by atoms with Gasteiger partial charge in [-0.25, -0.2) is 4.98 Å². The molecule has 0 bridgehead atoms. The Kier molecular flexibility index (Phi) is 9.46. The van der Waals surface area contributed by atoms with Gasteiger partial charge in [0.2, 0.25) is 0 Å². The zero-order valence-corrected chi connectivity index (χ0v) is 23.3. The van der Waals surface area contributed by atoms with Crippen LogP contribution in [0.1, 0.15) is 43.8 Å². The predicted octanol–water partition coefficient (Wildman–Crippen LogP) is 4.87. The van der Waals surface area contributed by atoms with Crippen LogP contribution >= 0.6 is 11.8 Å². The standard InChI is InChI=1S/C29H38N4O4S/c1-32(2)24-20-31-23-8-7-21(37-3)18-22(23)28(24)25(34)9-10-29(19-27(35)36)11-14-33(15-12-29)16-17-38-26-6-4-5-13-30-26/h4-8,13,18,20,25,34H,9-12,14-17,19H2,1-3H3,(H,35,36). The molecule has 4 rings (SSSR count). The van der Waals surface area contributed by atoms with E-state index >= 15 is 0 Å². The molecule has 0 saturated carbocycles. The van der Waals surface area contributed by atoms with Crippen LogP contribution in [0.3, 0.4) is 0 Å². The smallest absolute Gasteiger partial charge is 0.303 e. The topological polar surface area (TPSA) is 99.0 Å². The zero-order valence-electron chi connectivity index (χ0n) is 22.5. The number of benzene rings is 1. The van der Waals surface area contributed by atoms with Crippen LogP contribution in [0.15, 0.2) is 53.8 Å². The van der Waals surface area contributed by atoms with Crippen LogP contribution in [-0.4, -0.2) is 77.6 Å². The van der Waals surface area contributed by atoms with E-state index in [1.54, 1.807) is 25.1 Å². The Morgan fingerprint density at radius 1 is 1.21 bits per heavy atom. The average Bonchev–Trinajstić information content (AvgIpc) is 2.92. The molecule has 2 N–H and O–H groups in total. The molecule has 0 radical (unpaired) electrons. The summed E-state index contributed by atoms with van der Waals surface area (Å²) in [6.45, 7) is 2.68. The third-order valence-electron chi connectivity index (χ3n) is 7.60. The summed E-state index contributed by atoms with van der Waals surface area (Å²) in [6, 6.07) is 11.6. The first kappa shape index (κ1) is 28.1. The van der Waals surface area contributed by atoms with Crippen molar-refractivity contribution in [1.29, 1.82) is 0 Å². The number of pyridine rings is 2. The number of thioether (sulfide) groups is 1. The molecule has 1 unspecified atom stereocenters. The second-order valence-electron chi connectivity index (χ2n) is 10.3. The van der Waals surface area contributed by atoms with Crippen LogP contribution in [0.4, 0.5) is 5.69 Å². The summed E-state index contributed by atoms with van der Waals surface area (Å²) in [4.78, 5) is 25.2. The van der Waals surface area contributed by atoms with Crippen LogP contribution in [0.2, 0.25) is 0 Å². The quantitative estimate of drug-likeness (QED) is 0.313. The molecular formula is C29H38N4O4S. The number of likely N-dealkylation sites (tertiary alicyclic amines) is 1. The summed E-state index contributed by atoms with van der Waals surface area (Å²) in [7, 11) is 5.50. The van der Waals surface area contributed by atoms with Gasteiger partial charge in [-0.15, -0.1) is 11.8 Å². The zero-order chi connectivity index (χ0) is 27.1. The number of methoxy groups -OCH3 is 1. The molecule has 38 heavy (non-hydrogen) atoms. The highest BCUT2D eigenvalue weighted by Gasteiger charge is 2.37. The van der Waals surface area contributed by atoms with E-state index in [9.17, 15) is 15.0 Å². The minimum atomic E-state index is -0.772. The first-order valence-electron chi connectivity index (χ1n) is 13.1. The van der Waals surface area contributed by atoms with Crippen LogP contribution < -0.4 is 9.64 Å². The second kappa shape index (κ2) is 12.8. The molecular weight excluding hydrogens is 500 g/mol. The number of ether oxygens (including phenoxy) is 1. The summed E-state index contributed by atoms with van der Waals surface area (Å²) >= 11 is 1.75. The molecule has 0 amide bonds. The molecule has 1 fully saturated rings. The number of carboxylic acids is 1. The number of piperidine rings is 1. The van der Waals surface area contributed by atoms with Gasteiger partial charge in [-0.2, -0.15) is 0 Å². The second-order valence-corrected chi connectivity index (χ2v) is 11.4. The van der Waals surface area contributed by atoms with E-state index in [1.165, 1.54) is 0 Å². The highest BCUT2D eigenvalue weighted by molar-refractivity contribution is 7.99. The van der Waals surface area contributed by atoms with Gasteiger partial charge < -0.3 is 24.7 Å². The fourth-order valence-electron chi connectivity index (χ4n) is 5.40. The van der Waals surface area contributed by atoms with Crippen molar-refractivity contribution >= 4 is 34.3 Å². The van der Waals surface area contributed by atoms with Crippen molar-refractivity contribution in [2.75, 3.05) is 51.5 Å². The van der Waals surface area contributed by atoms with Crippen molar-refractivity contribution in [3.8, 4) is 5.75 Å². The molecule has 1 aromatic carbocycles. The Hall–Kier alpha value is -2.88. The van der Waals surface area contributed by atoms with E-state index in [1.807, 2.05) is 61.6 Å². The number of nitrogens with zero attached hydrogens (tertiary/aromatic N) is 4. The van der Waals surface area contributed by atoms with Crippen molar-refractivity contribution < 1.29 is 19.7 Å². The van der Waals surface area contributed by atoms with E-state index in [-0.39, 0.29) is 11.8 Å². The molecule has 0 spiro atoms. The summed E-state index contributed by atoms with van der Waals surface area (Å²) < 4.78 is 5.44. The molecule has 8 nitrogen and oxygen atoms in total. The lowest BCUT2D eigenvalue weighted by Gasteiger charge is -2.41. The first-order chi connectivity index (χ1) is 18.3. The van der Waals surface area contributed by atoms with Crippen molar-refractivity contribution in [2.45, 2.75) is 43.2 Å². The van der Waals surface area contributed by atoms with Crippen LogP contribution in [-0.2, 0) is 4.79 Å². The summed E-state index contributed by atoms with van der Waals surface area (Å²) in [5.41, 5.74) is 2.14. The Labute approximate surface area is 229 Å². The number of hydrogen-bond acceptors (Lipinski definition) is 8. The van der Waals surface area contributed by atoms with E-state index in [2.05, 4.69) is 14.9 Å². The van der Waals surface area contributed by atoms with Gasteiger partial charge in [-0.05, 0) is 74.5 Å². The molecule has 9 heteroatoms. The van der Waals surface area contributed by atoms with Gasteiger partial charge in [0.15, 0.2) is 0 Å². The SMILES string of the molecule is COc1ccc2ncc(N(C)C)c(C(O)CCC3(CC(=O)O)CCN(CCSc4ccccn4)CC3)c2c1. The van der Waals surface area contributed by atoms with Gasteiger partial charge in [0.25, 0.3) is 0 Å². The Bertz CT molecular complexity index is 1220. The summed E-state index contributed by atoms with van der Waals surface area (Å²) in [6.07, 6.45) is 5.74. The molecule has 0 aliphatic carbocycles. The van der Waals surface area contributed by atoms with Gasteiger partial charge in [0.05, 0.1) is 42.1 Å². The number of aliphatic hydroxyl groups is 1. The average molecular weight is 539 g/mol. The number of rotatable bonds is 12. The highest BCUT2D eigenvalue weighted by Crippen LogP contribution is 2.43. The van der Waals surface area contributed by atoms with Crippen LogP contribution in [0.5, 0.6) is 5.75 Å². The third-order valence-corrected chi connectivity index (χ3v) is 8.52. The molecule has 2 aromatic heterocycles. The number of carboxylic acid groups (broad SMARTS) is 1. The minimum absolute atomic E-state index is 0.127. The summed E-state index contributed by atoms with van der Waals surface area (Å²) in [5, 5.41) is 23.1. The Morgan fingerprint density at radius 2 is 2.00 bits per heavy atom. The number of hydrogen-bond donors (Lipinski definition) is 2. The molecule has 1 aliphatic heterocycles. The van der Waals surface area contributed by atoms with E-state index in [0.29, 0.717) is 18.6 Å². The predicted molar refractivity (Wildman–Crippen MR) is 152 cm³/mol. The number of fused-ring (bicyclic) bond motifs is 1. The number of anilines is 1. The maximum atomic E-state index is 11.9. The van der Waals surface area contributed by atoms with E-state index < -0.39 is 12.1 Å². The van der Waals surface area contributed by atoms with Crippen molar-refractivity contribution in [3.63, 3.8) is 0 Å². The van der Waals surface area contributed by atoms with Crippen molar-refractivity contribution in [2.24, 2.45) is 5.41 Å². The molecule has 3 aromatic rings. The van der Waals surface area contributed by atoms with Gasteiger partial charge in [-0.1, -0.05) is 6.07 Å². The van der Waals surface area contributed by atoms with E-state index in [0.717, 1.165) is 65.4 Å². The minimum Gasteiger partial charge on any atom is -0.497 e. The molecule has 204 valence electrons. The lowest BCUT2D eigenvalue weighted by molar-refractivity contribution is -0.141. The van der Waals surface area contributed by atoms with Gasteiger partial charge in [0.1, 0.15) is 5.75 Å². The molecule has 3 heterocycles. The van der Waals surface area contributed by atoms with Crippen LogP contribution in [0.25, 0.3) is 10.9 Å². The fourth-order valence-corrected chi connectivity index (χ4v) is 6.27. The van der Waals surface area contributed by atoms with Crippen LogP contribution in [0, 0.1) is 5.41 Å². The summed E-state index contributed by atoms with van der Waals surface area (Å²) in [5.74, 6) is 0.888. The monoisotopic (exact) mass is 538 g/mol. The lowest BCUT2D eigenvalue weighted by Crippen LogP contribution is -2.42. The number of aliphatic hydroxyl groups excluding tert-OH is 1. The highest BCUT2D eigenvalue weighted by atomic mass is 32.2. The molecule has 1 aliphatic rings. The maximum Gasteiger partial charge on any atom is 0.303 e.